The molecule has 9 heteroatoms. The van der Waals surface area contributed by atoms with Crippen LogP contribution in [-0.2, 0) is 4.79 Å². The molecule has 2 N–H and O–H groups in total. The van der Waals surface area contributed by atoms with Crippen LogP contribution in [0.3, 0.4) is 0 Å². The Morgan fingerprint density at radius 1 is 0.933 bits per heavy atom. The van der Waals surface area contributed by atoms with Gasteiger partial charge in [-0.2, -0.15) is 0 Å². The molecule has 0 atom stereocenters. The number of nitrogens with zero attached hydrogens (tertiary/aromatic N) is 2. The molecule has 0 fully saturated rings. The third kappa shape index (κ3) is 4.86. The van der Waals surface area contributed by atoms with Crippen molar-refractivity contribution in [2.45, 2.75) is 4.34 Å². The van der Waals surface area contributed by atoms with E-state index in [1.54, 1.807) is 18.2 Å². The summed E-state index contributed by atoms with van der Waals surface area (Å²) in [5.41, 5.74) is 1.29. The number of amides is 2. The Morgan fingerprint density at radius 3 is 2.57 bits per heavy atom. The summed E-state index contributed by atoms with van der Waals surface area (Å²) in [4.78, 5) is 24.7. The summed E-state index contributed by atoms with van der Waals surface area (Å²) in [6, 6.07) is 20.8. The predicted molar refractivity (Wildman–Crippen MR) is 125 cm³/mol. The highest BCUT2D eigenvalue weighted by molar-refractivity contribution is 9.10. The number of carbonyl (C=O) groups is 2. The number of halogens is 1. The smallest absolute Gasteiger partial charge is 0.258 e. The summed E-state index contributed by atoms with van der Waals surface area (Å²) in [5, 5.41) is 16.1. The van der Waals surface area contributed by atoms with Crippen LogP contribution in [0.4, 0.5) is 10.8 Å². The molecule has 1 aromatic heterocycles. The van der Waals surface area contributed by atoms with E-state index in [2.05, 4.69) is 36.8 Å². The van der Waals surface area contributed by atoms with Crippen LogP contribution in [0.2, 0.25) is 0 Å². The lowest BCUT2D eigenvalue weighted by Gasteiger charge is -2.08. The Balaban J connectivity index is 1.34. The monoisotopic (exact) mass is 498 g/mol. The van der Waals surface area contributed by atoms with Gasteiger partial charge in [0.1, 0.15) is 0 Å². The van der Waals surface area contributed by atoms with Gasteiger partial charge >= 0.3 is 0 Å². The highest BCUT2D eigenvalue weighted by Gasteiger charge is 2.14. The molecule has 0 unspecified atom stereocenters. The minimum Gasteiger partial charge on any atom is -0.325 e. The lowest BCUT2D eigenvalue weighted by atomic mass is 10.1. The predicted octanol–water partition coefficient (Wildman–Crippen LogP) is 5.44. The van der Waals surface area contributed by atoms with Crippen molar-refractivity contribution < 1.29 is 9.59 Å². The summed E-state index contributed by atoms with van der Waals surface area (Å²) < 4.78 is 1.30. The average Bonchev–Trinajstić information content (AvgIpc) is 3.20. The van der Waals surface area contributed by atoms with Gasteiger partial charge in [0, 0.05) is 15.5 Å². The molecule has 0 spiro atoms. The van der Waals surface area contributed by atoms with Crippen LogP contribution in [0.5, 0.6) is 0 Å². The van der Waals surface area contributed by atoms with E-state index < -0.39 is 0 Å². The van der Waals surface area contributed by atoms with Crippen LogP contribution >= 0.6 is 39.0 Å². The fourth-order valence-corrected chi connectivity index (χ4v) is 4.79. The van der Waals surface area contributed by atoms with Gasteiger partial charge in [-0.1, -0.05) is 71.6 Å². The molecule has 0 bridgehead atoms. The zero-order chi connectivity index (χ0) is 20.9. The number of nitrogens with one attached hydrogen (secondary N) is 2. The van der Waals surface area contributed by atoms with Crippen LogP contribution in [0.25, 0.3) is 10.8 Å². The Morgan fingerprint density at radius 2 is 1.70 bits per heavy atom. The minimum atomic E-state index is -0.274. The van der Waals surface area contributed by atoms with Crippen molar-refractivity contribution in [2.75, 3.05) is 16.4 Å². The fraction of sp³-hybridized carbons (Fsp3) is 0.0476. The third-order valence-electron chi connectivity index (χ3n) is 4.14. The van der Waals surface area contributed by atoms with E-state index in [9.17, 15) is 9.59 Å². The second-order valence-corrected chi connectivity index (χ2v) is 9.22. The number of fused-ring (bicyclic) bond motifs is 1. The molecule has 3 aromatic carbocycles. The number of hydrogen-bond donors (Lipinski definition) is 2. The maximum Gasteiger partial charge on any atom is 0.258 e. The van der Waals surface area contributed by atoms with Gasteiger partial charge in [-0.05, 0) is 39.5 Å². The molecule has 6 nitrogen and oxygen atoms in total. The molecule has 0 radical (unpaired) electrons. The molecule has 1 heterocycles. The molecule has 30 heavy (non-hydrogen) atoms. The van der Waals surface area contributed by atoms with Crippen molar-refractivity contribution >= 4 is 72.4 Å². The maximum atomic E-state index is 12.4. The molecule has 0 aliphatic heterocycles. The first-order valence-electron chi connectivity index (χ1n) is 8.90. The third-order valence-corrected chi connectivity index (χ3v) is 6.80. The van der Waals surface area contributed by atoms with Crippen molar-refractivity contribution in [1.29, 1.82) is 0 Å². The first-order valence-corrected chi connectivity index (χ1v) is 11.5. The van der Waals surface area contributed by atoms with Gasteiger partial charge < -0.3 is 5.32 Å². The second kappa shape index (κ2) is 9.38. The number of carbonyl (C=O) groups excluding carboxylic acids is 2. The first-order chi connectivity index (χ1) is 14.6. The van der Waals surface area contributed by atoms with Crippen molar-refractivity contribution in [3.05, 3.63) is 76.8 Å². The van der Waals surface area contributed by atoms with Crippen molar-refractivity contribution in [2.24, 2.45) is 0 Å². The van der Waals surface area contributed by atoms with E-state index in [4.69, 9.17) is 0 Å². The molecular formula is C21H15BrN4O2S2. The van der Waals surface area contributed by atoms with E-state index >= 15 is 0 Å². The number of aromatic nitrogens is 2. The Bertz CT molecular complexity index is 1220. The molecule has 4 aromatic rings. The van der Waals surface area contributed by atoms with Gasteiger partial charge in [-0.3, -0.25) is 14.9 Å². The number of rotatable bonds is 6. The summed E-state index contributed by atoms with van der Waals surface area (Å²) in [6.45, 7) is 0. The SMILES string of the molecule is O=C(CSc1nnc(NC(=O)c2ccccc2Br)s1)Nc1cccc2ccccc12. The van der Waals surface area contributed by atoms with E-state index in [1.165, 1.54) is 23.1 Å². The summed E-state index contributed by atoms with van der Waals surface area (Å²) in [5.74, 6) is -0.218. The van der Waals surface area contributed by atoms with Gasteiger partial charge in [0.25, 0.3) is 5.91 Å². The zero-order valence-electron chi connectivity index (χ0n) is 15.5. The van der Waals surface area contributed by atoms with Gasteiger partial charge in [0.05, 0.1) is 11.3 Å². The summed E-state index contributed by atoms with van der Waals surface area (Å²) in [7, 11) is 0. The first kappa shape index (κ1) is 20.5. The van der Waals surface area contributed by atoms with Gasteiger partial charge in [0.2, 0.25) is 11.0 Å². The number of benzene rings is 3. The van der Waals surface area contributed by atoms with Gasteiger partial charge in [0.15, 0.2) is 4.34 Å². The fourth-order valence-electron chi connectivity index (χ4n) is 2.78. The second-order valence-electron chi connectivity index (χ2n) is 6.17. The molecule has 0 saturated heterocycles. The molecule has 150 valence electrons. The van der Waals surface area contributed by atoms with E-state index in [0.717, 1.165) is 16.5 Å². The topological polar surface area (TPSA) is 84.0 Å². The molecule has 0 aliphatic rings. The highest BCUT2D eigenvalue weighted by Crippen LogP contribution is 2.27. The molecular weight excluding hydrogens is 484 g/mol. The number of anilines is 2. The molecule has 0 saturated carbocycles. The summed E-state index contributed by atoms with van der Waals surface area (Å²) >= 11 is 5.85. The molecule has 2 amide bonds. The maximum absolute atomic E-state index is 12.4. The molecule has 0 aliphatic carbocycles. The van der Waals surface area contributed by atoms with Crippen molar-refractivity contribution in [1.82, 2.24) is 10.2 Å². The number of hydrogen-bond acceptors (Lipinski definition) is 6. The Labute approximate surface area is 189 Å². The van der Waals surface area contributed by atoms with Crippen LogP contribution < -0.4 is 10.6 Å². The highest BCUT2D eigenvalue weighted by atomic mass is 79.9. The van der Waals surface area contributed by atoms with Crippen molar-refractivity contribution in [3.8, 4) is 0 Å². The lowest BCUT2D eigenvalue weighted by molar-refractivity contribution is -0.113. The normalized spacial score (nSPS) is 10.7. The van der Waals surface area contributed by atoms with Crippen LogP contribution in [0, 0.1) is 0 Å². The molecule has 4 rings (SSSR count). The van der Waals surface area contributed by atoms with E-state index in [-0.39, 0.29) is 17.6 Å². The quantitative estimate of drug-likeness (QED) is 0.273. The van der Waals surface area contributed by atoms with Gasteiger partial charge in [-0.15, -0.1) is 10.2 Å². The zero-order valence-corrected chi connectivity index (χ0v) is 18.7. The Kier molecular flexibility index (Phi) is 6.41. The van der Waals surface area contributed by atoms with Gasteiger partial charge in [-0.25, -0.2) is 0 Å². The standard InChI is InChI=1S/C21H15BrN4O2S2/c22-16-10-4-3-9-15(16)19(28)24-20-25-26-21(30-20)29-12-18(27)23-17-11-5-7-13-6-1-2-8-14(13)17/h1-11H,12H2,(H,23,27)(H,24,25,28). The van der Waals surface area contributed by atoms with Crippen LogP contribution in [0.1, 0.15) is 10.4 Å². The van der Waals surface area contributed by atoms with Crippen LogP contribution in [0.15, 0.2) is 75.5 Å². The largest absolute Gasteiger partial charge is 0.325 e. The van der Waals surface area contributed by atoms with E-state index in [1.807, 2.05) is 48.5 Å². The lowest BCUT2D eigenvalue weighted by Crippen LogP contribution is -2.14. The number of thioether (sulfide) groups is 1. The average molecular weight is 499 g/mol. The van der Waals surface area contributed by atoms with Crippen molar-refractivity contribution in [3.63, 3.8) is 0 Å². The Hall–Kier alpha value is -2.75. The van der Waals surface area contributed by atoms with Crippen LogP contribution in [-0.4, -0.2) is 27.8 Å². The van der Waals surface area contributed by atoms with E-state index in [0.29, 0.717) is 19.5 Å². The summed E-state index contributed by atoms with van der Waals surface area (Å²) in [6.07, 6.45) is 0. The minimum absolute atomic E-state index is 0.134.